The predicted octanol–water partition coefficient (Wildman–Crippen LogP) is 4.06. The third-order valence-electron chi connectivity index (χ3n) is 3.44. The van der Waals surface area contributed by atoms with Crippen LogP contribution in [0.15, 0.2) is 42.5 Å². The van der Waals surface area contributed by atoms with Gasteiger partial charge in [0.25, 0.3) is 0 Å². The minimum atomic E-state index is 0.349. The van der Waals surface area contributed by atoms with Gasteiger partial charge in [0, 0.05) is 17.9 Å². The molecule has 0 heterocycles. The Labute approximate surface area is 111 Å². The van der Waals surface area contributed by atoms with E-state index >= 15 is 0 Å². The zero-order chi connectivity index (χ0) is 12.5. The van der Waals surface area contributed by atoms with E-state index in [0.717, 1.165) is 11.4 Å². The van der Waals surface area contributed by atoms with Crippen molar-refractivity contribution in [1.29, 1.82) is 0 Å². The fourth-order valence-electron chi connectivity index (χ4n) is 2.43. The summed E-state index contributed by atoms with van der Waals surface area (Å²) in [4.78, 5) is 11.4. The molecule has 0 spiro atoms. The quantitative estimate of drug-likeness (QED) is 0.752. The van der Waals surface area contributed by atoms with Gasteiger partial charge in [0.15, 0.2) is 0 Å². The molecular weight excluding hydrogens is 244 g/mol. The molecule has 0 saturated carbocycles. The molecule has 1 aliphatic carbocycles. The van der Waals surface area contributed by atoms with E-state index in [1.54, 1.807) is 0 Å². The SMILES string of the molecule is O=C1CCc2cc(-c3ccc(Cl)cc3)ccc2C1. The van der Waals surface area contributed by atoms with Crippen molar-refractivity contribution >= 4 is 17.4 Å². The third kappa shape index (κ3) is 2.19. The van der Waals surface area contributed by atoms with E-state index in [1.165, 1.54) is 22.3 Å². The molecule has 1 nitrogen and oxygen atoms in total. The summed E-state index contributed by atoms with van der Waals surface area (Å²) in [6, 6.07) is 14.2. The van der Waals surface area contributed by atoms with Gasteiger partial charge in [-0.2, -0.15) is 0 Å². The number of aryl methyl sites for hydroxylation is 1. The van der Waals surface area contributed by atoms with E-state index in [2.05, 4.69) is 18.2 Å². The van der Waals surface area contributed by atoms with Crippen molar-refractivity contribution < 1.29 is 4.79 Å². The maximum atomic E-state index is 11.4. The average molecular weight is 257 g/mol. The molecule has 1 aliphatic rings. The summed E-state index contributed by atoms with van der Waals surface area (Å²) in [6.45, 7) is 0. The first kappa shape index (κ1) is 11.5. The Morgan fingerprint density at radius 1 is 0.833 bits per heavy atom. The van der Waals surface area contributed by atoms with Crippen LogP contribution in [0.3, 0.4) is 0 Å². The second-order valence-electron chi connectivity index (χ2n) is 4.71. The van der Waals surface area contributed by atoms with E-state index in [0.29, 0.717) is 18.6 Å². The van der Waals surface area contributed by atoms with Gasteiger partial charge in [-0.1, -0.05) is 41.9 Å². The monoisotopic (exact) mass is 256 g/mol. The Hall–Kier alpha value is -1.60. The second kappa shape index (κ2) is 4.58. The fourth-order valence-corrected chi connectivity index (χ4v) is 2.55. The minimum Gasteiger partial charge on any atom is -0.299 e. The molecule has 0 atom stereocenters. The van der Waals surface area contributed by atoms with Crippen LogP contribution in [0.5, 0.6) is 0 Å². The van der Waals surface area contributed by atoms with Gasteiger partial charge in [0.05, 0.1) is 0 Å². The normalized spacial score (nSPS) is 14.4. The zero-order valence-electron chi connectivity index (χ0n) is 9.95. The maximum Gasteiger partial charge on any atom is 0.137 e. The molecule has 0 N–H and O–H groups in total. The number of carbonyl (C=O) groups is 1. The van der Waals surface area contributed by atoms with Gasteiger partial charge in [-0.05, 0) is 40.8 Å². The molecule has 2 aromatic carbocycles. The lowest BCUT2D eigenvalue weighted by atomic mass is 9.88. The Morgan fingerprint density at radius 3 is 2.33 bits per heavy atom. The molecule has 0 unspecified atom stereocenters. The highest BCUT2D eigenvalue weighted by Gasteiger charge is 2.15. The van der Waals surface area contributed by atoms with Gasteiger partial charge in [0.2, 0.25) is 0 Å². The highest BCUT2D eigenvalue weighted by molar-refractivity contribution is 6.30. The van der Waals surface area contributed by atoms with E-state index in [-0.39, 0.29) is 0 Å². The number of ketones is 1. The molecule has 2 aromatic rings. The molecule has 0 amide bonds. The lowest BCUT2D eigenvalue weighted by molar-refractivity contribution is -0.118. The number of hydrogen-bond donors (Lipinski definition) is 0. The van der Waals surface area contributed by atoms with Gasteiger partial charge in [-0.25, -0.2) is 0 Å². The molecule has 0 radical (unpaired) electrons. The molecule has 2 heteroatoms. The zero-order valence-corrected chi connectivity index (χ0v) is 10.7. The van der Waals surface area contributed by atoms with Crippen LogP contribution in [0.2, 0.25) is 5.02 Å². The topological polar surface area (TPSA) is 17.1 Å². The van der Waals surface area contributed by atoms with Crippen LogP contribution >= 0.6 is 11.6 Å². The summed E-state index contributed by atoms with van der Waals surface area (Å²) in [6.07, 6.45) is 2.14. The van der Waals surface area contributed by atoms with E-state index < -0.39 is 0 Å². The minimum absolute atomic E-state index is 0.349. The van der Waals surface area contributed by atoms with Crippen molar-refractivity contribution in [3.63, 3.8) is 0 Å². The summed E-state index contributed by atoms with van der Waals surface area (Å²) in [7, 11) is 0. The summed E-state index contributed by atoms with van der Waals surface area (Å²) in [5.74, 6) is 0.349. The van der Waals surface area contributed by atoms with Gasteiger partial charge in [-0.15, -0.1) is 0 Å². The van der Waals surface area contributed by atoms with Crippen LogP contribution in [-0.4, -0.2) is 5.78 Å². The largest absolute Gasteiger partial charge is 0.299 e. The summed E-state index contributed by atoms with van der Waals surface area (Å²) in [5, 5.41) is 0.752. The van der Waals surface area contributed by atoms with Crippen molar-refractivity contribution in [1.82, 2.24) is 0 Å². The Kier molecular flexibility index (Phi) is 2.92. The fraction of sp³-hybridized carbons (Fsp3) is 0.188. The lowest BCUT2D eigenvalue weighted by Gasteiger charge is -2.16. The molecule has 0 fully saturated rings. The van der Waals surface area contributed by atoms with Crippen LogP contribution < -0.4 is 0 Å². The van der Waals surface area contributed by atoms with Crippen LogP contribution in [0.25, 0.3) is 11.1 Å². The second-order valence-corrected chi connectivity index (χ2v) is 5.14. The van der Waals surface area contributed by atoms with Crippen molar-refractivity contribution in [2.24, 2.45) is 0 Å². The first-order valence-corrected chi connectivity index (χ1v) is 6.49. The first-order chi connectivity index (χ1) is 8.72. The van der Waals surface area contributed by atoms with Crippen LogP contribution in [0.4, 0.5) is 0 Å². The number of carbonyl (C=O) groups excluding carboxylic acids is 1. The standard InChI is InChI=1S/C16H13ClO/c17-15-6-3-11(4-7-15)12-1-2-14-10-16(18)8-5-13(14)9-12/h1-4,6-7,9H,5,8,10H2. The van der Waals surface area contributed by atoms with Gasteiger partial charge < -0.3 is 0 Å². The summed E-state index contributed by atoms with van der Waals surface area (Å²) >= 11 is 5.89. The molecule has 0 aliphatic heterocycles. The smallest absolute Gasteiger partial charge is 0.137 e. The number of benzene rings is 2. The van der Waals surface area contributed by atoms with Gasteiger partial charge in [0.1, 0.15) is 5.78 Å². The predicted molar refractivity (Wildman–Crippen MR) is 73.9 cm³/mol. The first-order valence-electron chi connectivity index (χ1n) is 6.12. The number of fused-ring (bicyclic) bond motifs is 1. The highest BCUT2D eigenvalue weighted by atomic mass is 35.5. The van der Waals surface area contributed by atoms with E-state index in [1.807, 2.05) is 24.3 Å². The highest BCUT2D eigenvalue weighted by Crippen LogP contribution is 2.27. The molecule has 3 rings (SSSR count). The van der Waals surface area contributed by atoms with Crippen LogP contribution in [0.1, 0.15) is 17.5 Å². The summed E-state index contributed by atoms with van der Waals surface area (Å²) < 4.78 is 0. The van der Waals surface area contributed by atoms with Gasteiger partial charge >= 0.3 is 0 Å². The molecule has 0 aromatic heterocycles. The lowest BCUT2D eigenvalue weighted by Crippen LogP contribution is -2.12. The van der Waals surface area contributed by atoms with E-state index in [4.69, 9.17) is 11.6 Å². The number of hydrogen-bond acceptors (Lipinski definition) is 1. The number of rotatable bonds is 1. The average Bonchev–Trinajstić information content (AvgIpc) is 2.39. The maximum absolute atomic E-state index is 11.4. The number of Topliss-reactive ketones (excluding diaryl/α,β-unsaturated/α-hetero) is 1. The van der Waals surface area contributed by atoms with Crippen LogP contribution in [0, 0.1) is 0 Å². The molecule has 18 heavy (non-hydrogen) atoms. The third-order valence-corrected chi connectivity index (χ3v) is 3.70. The Bertz CT molecular complexity index is 599. The molecular formula is C16H13ClO. The van der Waals surface area contributed by atoms with E-state index in [9.17, 15) is 4.79 Å². The summed E-state index contributed by atoms with van der Waals surface area (Å²) in [5.41, 5.74) is 4.85. The number of halogens is 1. The van der Waals surface area contributed by atoms with Crippen molar-refractivity contribution in [3.8, 4) is 11.1 Å². The van der Waals surface area contributed by atoms with Crippen molar-refractivity contribution in [2.45, 2.75) is 19.3 Å². The Balaban J connectivity index is 1.99. The van der Waals surface area contributed by atoms with Crippen molar-refractivity contribution in [2.75, 3.05) is 0 Å². The molecule has 90 valence electrons. The van der Waals surface area contributed by atoms with Crippen LogP contribution in [-0.2, 0) is 17.6 Å². The Morgan fingerprint density at radius 2 is 1.56 bits per heavy atom. The van der Waals surface area contributed by atoms with Gasteiger partial charge in [-0.3, -0.25) is 4.79 Å². The molecule has 0 saturated heterocycles. The van der Waals surface area contributed by atoms with Crippen molar-refractivity contribution in [3.05, 3.63) is 58.6 Å². The molecule has 0 bridgehead atoms.